The molecule has 0 aliphatic carbocycles. The molecule has 0 amide bonds. The lowest BCUT2D eigenvalue weighted by atomic mass is 9.91. The summed E-state index contributed by atoms with van der Waals surface area (Å²) in [4.78, 5) is 0. The van der Waals surface area contributed by atoms with E-state index in [1.807, 2.05) is 12.1 Å². The number of furan rings is 1. The third-order valence-electron chi connectivity index (χ3n) is 8.35. The summed E-state index contributed by atoms with van der Waals surface area (Å²) in [5.74, 6) is 0. The van der Waals surface area contributed by atoms with E-state index in [1.165, 1.54) is 54.5 Å². The summed E-state index contributed by atoms with van der Waals surface area (Å²) >= 11 is 0. The van der Waals surface area contributed by atoms with E-state index in [0.717, 1.165) is 27.6 Å². The van der Waals surface area contributed by atoms with Gasteiger partial charge < -0.3 is 8.98 Å². The van der Waals surface area contributed by atoms with Crippen LogP contribution in [0.4, 0.5) is 0 Å². The van der Waals surface area contributed by atoms with Gasteiger partial charge in [0.1, 0.15) is 11.2 Å². The van der Waals surface area contributed by atoms with Gasteiger partial charge in [-0.25, -0.2) is 0 Å². The highest BCUT2D eigenvalue weighted by molar-refractivity contribution is 6.16. The molecule has 9 aromatic rings. The van der Waals surface area contributed by atoms with Crippen LogP contribution in [0.3, 0.4) is 0 Å². The summed E-state index contributed by atoms with van der Waals surface area (Å²) in [6.07, 6.45) is 0. The van der Waals surface area contributed by atoms with Crippen molar-refractivity contribution in [3.8, 4) is 16.8 Å². The van der Waals surface area contributed by atoms with E-state index < -0.39 is 0 Å². The normalized spacial score (nSPS) is 12.0. The van der Waals surface area contributed by atoms with E-state index >= 15 is 0 Å². The Morgan fingerprint density at radius 1 is 0.400 bits per heavy atom. The number of hydrogen-bond donors (Lipinski definition) is 0. The van der Waals surface area contributed by atoms with Gasteiger partial charge in [0.15, 0.2) is 0 Å². The first-order valence-corrected chi connectivity index (χ1v) is 13.7. The van der Waals surface area contributed by atoms with Crippen LogP contribution in [0.5, 0.6) is 0 Å². The summed E-state index contributed by atoms with van der Waals surface area (Å²) in [6, 6.07) is 50.2. The third kappa shape index (κ3) is 2.99. The largest absolute Gasteiger partial charge is 0.456 e. The number of benzene rings is 7. The zero-order valence-corrected chi connectivity index (χ0v) is 21.6. The number of para-hydroxylation sites is 2. The molecule has 0 N–H and O–H groups in total. The first-order chi connectivity index (χ1) is 19.8. The van der Waals surface area contributed by atoms with Gasteiger partial charge in [0, 0.05) is 33.3 Å². The molecule has 2 aromatic heterocycles. The molecular weight excluding hydrogens is 486 g/mol. The maximum Gasteiger partial charge on any atom is 0.137 e. The van der Waals surface area contributed by atoms with Crippen molar-refractivity contribution in [2.75, 3.05) is 0 Å². The summed E-state index contributed by atoms with van der Waals surface area (Å²) in [5, 5.41) is 9.86. The van der Waals surface area contributed by atoms with Crippen molar-refractivity contribution in [2.45, 2.75) is 0 Å². The molecule has 40 heavy (non-hydrogen) atoms. The van der Waals surface area contributed by atoms with Crippen LogP contribution in [-0.2, 0) is 0 Å². The fourth-order valence-corrected chi connectivity index (χ4v) is 6.58. The van der Waals surface area contributed by atoms with Crippen LogP contribution in [-0.4, -0.2) is 4.57 Å². The molecule has 7 aromatic carbocycles. The van der Waals surface area contributed by atoms with Crippen LogP contribution < -0.4 is 0 Å². The van der Waals surface area contributed by atoms with Gasteiger partial charge in [-0.3, -0.25) is 0 Å². The Morgan fingerprint density at radius 2 is 1.02 bits per heavy atom. The number of nitrogens with zero attached hydrogens (tertiary/aromatic N) is 1. The van der Waals surface area contributed by atoms with Gasteiger partial charge in [0.05, 0.1) is 11.0 Å². The highest BCUT2D eigenvalue weighted by Gasteiger charge is 2.16. The molecule has 2 nitrogen and oxygen atoms in total. The van der Waals surface area contributed by atoms with Crippen molar-refractivity contribution >= 4 is 65.3 Å². The first kappa shape index (κ1) is 21.6. The van der Waals surface area contributed by atoms with Gasteiger partial charge in [0.25, 0.3) is 0 Å². The van der Waals surface area contributed by atoms with Crippen LogP contribution >= 0.6 is 0 Å². The summed E-state index contributed by atoms with van der Waals surface area (Å²) in [6.45, 7) is 0. The minimum atomic E-state index is 0.906. The molecule has 0 spiro atoms. The molecular formula is C38H23NO. The van der Waals surface area contributed by atoms with Gasteiger partial charge in [-0.1, -0.05) is 91.0 Å². The minimum absolute atomic E-state index is 0.906. The Labute approximate surface area is 230 Å². The molecule has 0 saturated heterocycles. The number of hydrogen-bond acceptors (Lipinski definition) is 1. The SMILES string of the molecule is c1ccc2c(-c3ccc4c(c3)c3ccccc3n4-c3ccc4c(c3)oc3ccccc34)c3ccccc3cc2c1. The van der Waals surface area contributed by atoms with Gasteiger partial charge in [0.2, 0.25) is 0 Å². The zero-order valence-electron chi connectivity index (χ0n) is 21.6. The minimum Gasteiger partial charge on any atom is -0.456 e. The molecule has 9 rings (SSSR count). The Hall–Kier alpha value is -5.34. The molecule has 0 radical (unpaired) electrons. The smallest absolute Gasteiger partial charge is 0.137 e. The fraction of sp³-hybridized carbons (Fsp3) is 0. The van der Waals surface area contributed by atoms with Crippen LogP contribution in [0.15, 0.2) is 144 Å². The van der Waals surface area contributed by atoms with E-state index in [-0.39, 0.29) is 0 Å². The number of aromatic nitrogens is 1. The van der Waals surface area contributed by atoms with Gasteiger partial charge >= 0.3 is 0 Å². The molecule has 2 heteroatoms. The molecule has 0 aliphatic heterocycles. The average molecular weight is 510 g/mol. The van der Waals surface area contributed by atoms with E-state index in [1.54, 1.807) is 0 Å². The quantitative estimate of drug-likeness (QED) is 0.212. The molecule has 186 valence electrons. The van der Waals surface area contributed by atoms with Gasteiger partial charge in [-0.05, 0) is 75.1 Å². The second-order valence-corrected chi connectivity index (χ2v) is 10.6. The summed E-state index contributed by atoms with van der Waals surface area (Å²) < 4.78 is 8.62. The van der Waals surface area contributed by atoms with Crippen LogP contribution in [0.25, 0.3) is 82.1 Å². The van der Waals surface area contributed by atoms with Crippen LogP contribution in [0.1, 0.15) is 0 Å². The second-order valence-electron chi connectivity index (χ2n) is 10.6. The number of rotatable bonds is 2. The van der Waals surface area contributed by atoms with Crippen molar-refractivity contribution in [1.82, 2.24) is 4.57 Å². The zero-order chi connectivity index (χ0) is 26.2. The predicted molar refractivity (Wildman–Crippen MR) is 169 cm³/mol. The van der Waals surface area contributed by atoms with Crippen molar-refractivity contribution in [2.24, 2.45) is 0 Å². The summed E-state index contributed by atoms with van der Waals surface area (Å²) in [7, 11) is 0. The first-order valence-electron chi connectivity index (χ1n) is 13.7. The van der Waals surface area contributed by atoms with Crippen LogP contribution in [0.2, 0.25) is 0 Å². The van der Waals surface area contributed by atoms with E-state index in [0.29, 0.717) is 0 Å². The monoisotopic (exact) mass is 509 g/mol. The highest BCUT2D eigenvalue weighted by atomic mass is 16.3. The molecule has 0 atom stereocenters. The van der Waals surface area contributed by atoms with Crippen molar-refractivity contribution in [3.63, 3.8) is 0 Å². The number of fused-ring (bicyclic) bond motifs is 8. The van der Waals surface area contributed by atoms with E-state index in [9.17, 15) is 0 Å². The molecule has 2 heterocycles. The molecule has 0 saturated carbocycles. The molecule has 0 unspecified atom stereocenters. The van der Waals surface area contributed by atoms with Crippen molar-refractivity contribution in [1.29, 1.82) is 0 Å². The lowest BCUT2D eigenvalue weighted by Crippen LogP contribution is -1.93. The van der Waals surface area contributed by atoms with Crippen molar-refractivity contribution < 1.29 is 4.42 Å². The Kier molecular flexibility index (Phi) is 4.36. The van der Waals surface area contributed by atoms with Crippen molar-refractivity contribution in [3.05, 3.63) is 140 Å². The third-order valence-corrected chi connectivity index (χ3v) is 8.35. The van der Waals surface area contributed by atoms with Crippen LogP contribution in [0, 0.1) is 0 Å². The highest BCUT2D eigenvalue weighted by Crippen LogP contribution is 2.40. The maximum atomic E-state index is 6.26. The lowest BCUT2D eigenvalue weighted by Gasteiger charge is -2.13. The van der Waals surface area contributed by atoms with Gasteiger partial charge in [-0.15, -0.1) is 0 Å². The lowest BCUT2D eigenvalue weighted by molar-refractivity contribution is 0.668. The predicted octanol–water partition coefficient (Wildman–Crippen LogP) is 10.7. The molecule has 0 bridgehead atoms. The van der Waals surface area contributed by atoms with Gasteiger partial charge in [-0.2, -0.15) is 0 Å². The van der Waals surface area contributed by atoms with E-state index in [4.69, 9.17) is 4.42 Å². The molecule has 0 aliphatic rings. The summed E-state index contributed by atoms with van der Waals surface area (Å²) in [5.41, 5.74) is 7.82. The average Bonchev–Trinajstić information content (AvgIpc) is 3.54. The molecule has 0 fully saturated rings. The Balaban J connectivity index is 1.34. The maximum absolute atomic E-state index is 6.26. The van der Waals surface area contributed by atoms with E-state index in [2.05, 4.69) is 132 Å². The standard InChI is InChI=1S/C38H23NO/c1-3-11-28-24(9-1)21-25-10-2-4-12-29(25)38(28)26-17-20-35-33(22-26)30-13-5-7-15-34(30)39(35)27-18-19-32-31-14-6-8-16-36(31)40-37(32)23-27/h1-23H. The topological polar surface area (TPSA) is 18.1 Å². The fourth-order valence-electron chi connectivity index (χ4n) is 6.58. The second kappa shape index (κ2) is 8.08. The Bertz CT molecular complexity index is 2390. The Morgan fingerprint density at radius 3 is 1.82 bits per heavy atom.